The van der Waals surface area contributed by atoms with E-state index < -0.39 is 17.4 Å². The Morgan fingerprint density at radius 2 is 2.06 bits per heavy atom. The van der Waals surface area contributed by atoms with Crippen molar-refractivity contribution < 1.29 is 19.4 Å². The topological polar surface area (TPSA) is 78.9 Å². The minimum atomic E-state index is -1.02. The number of hydrogen-bond donors (Lipinski definition) is 2. The van der Waals surface area contributed by atoms with Crippen LogP contribution < -0.4 is 5.32 Å². The van der Waals surface area contributed by atoms with Crippen LogP contribution in [0.25, 0.3) is 0 Å². The number of likely N-dealkylation sites (tertiary alicyclic amines) is 1. The summed E-state index contributed by atoms with van der Waals surface area (Å²) in [4.78, 5) is 24.7. The number of nitrogens with one attached hydrogen (secondary N) is 1. The smallest absolute Gasteiger partial charge is 0.326 e. The highest BCUT2D eigenvalue weighted by atomic mass is 16.5. The summed E-state index contributed by atoms with van der Waals surface area (Å²) < 4.78 is 5.17. The van der Waals surface area contributed by atoms with Gasteiger partial charge in [0.05, 0.1) is 6.10 Å². The first-order valence-corrected chi connectivity index (χ1v) is 6.06. The second-order valence-electron chi connectivity index (χ2n) is 5.68. The van der Waals surface area contributed by atoms with Crippen LogP contribution in [0, 0.1) is 5.41 Å². The van der Waals surface area contributed by atoms with Gasteiger partial charge in [0.15, 0.2) is 0 Å². The van der Waals surface area contributed by atoms with Crippen LogP contribution in [0.1, 0.15) is 27.2 Å². The van der Waals surface area contributed by atoms with Gasteiger partial charge in [0.2, 0.25) is 0 Å². The largest absolute Gasteiger partial charge is 0.480 e. The molecule has 1 aliphatic rings. The van der Waals surface area contributed by atoms with Gasteiger partial charge in [0.1, 0.15) is 6.04 Å². The lowest BCUT2D eigenvalue weighted by atomic mass is 9.87. The molecule has 0 saturated carbocycles. The summed E-state index contributed by atoms with van der Waals surface area (Å²) in [5.41, 5.74) is -0.526. The minimum absolute atomic E-state index is 0.0497. The average molecular weight is 258 g/mol. The number of methoxy groups -OCH3 is 1. The van der Waals surface area contributed by atoms with Crippen LogP contribution >= 0.6 is 0 Å². The second kappa shape index (κ2) is 5.56. The Bertz CT molecular complexity index is 325. The zero-order chi connectivity index (χ0) is 13.9. The van der Waals surface area contributed by atoms with E-state index in [1.54, 1.807) is 32.8 Å². The third kappa shape index (κ3) is 3.60. The molecule has 0 radical (unpaired) electrons. The van der Waals surface area contributed by atoms with Crippen LogP contribution in [0.15, 0.2) is 0 Å². The fourth-order valence-corrected chi connectivity index (χ4v) is 1.97. The first kappa shape index (κ1) is 14.8. The summed E-state index contributed by atoms with van der Waals surface area (Å²) in [5.74, 6) is -1.02. The summed E-state index contributed by atoms with van der Waals surface area (Å²) in [6.07, 6.45) is 0.839. The number of carbonyl (C=O) groups is 2. The summed E-state index contributed by atoms with van der Waals surface area (Å²) in [7, 11) is 1.61. The monoisotopic (exact) mass is 258 g/mol. The average Bonchev–Trinajstić information content (AvgIpc) is 2.71. The van der Waals surface area contributed by atoms with Crippen molar-refractivity contribution in [2.75, 3.05) is 20.2 Å². The zero-order valence-electron chi connectivity index (χ0n) is 11.4. The van der Waals surface area contributed by atoms with E-state index in [1.165, 1.54) is 0 Å². The maximum atomic E-state index is 12.0. The Morgan fingerprint density at radius 3 is 2.44 bits per heavy atom. The Labute approximate surface area is 107 Å². The van der Waals surface area contributed by atoms with Gasteiger partial charge in [-0.3, -0.25) is 0 Å². The lowest BCUT2D eigenvalue weighted by molar-refractivity contribution is -0.142. The van der Waals surface area contributed by atoms with Crippen molar-refractivity contribution in [1.29, 1.82) is 0 Å². The molecule has 1 saturated heterocycles. The van der Waals surface area contributed by atoms with Crippen LogP contribution in [0.3, 0.4) is 0 Å². The number of carboxylic acids is 1. The Morgan fingerprint density at radius 1 is 1.44 bits per heavy atom. The molecule has 6 nitrogen and oxygen atoms in total. The number of carboxylic acid groups (broad SMARTS) is 1. The van der Waals surface area contributed by atoms with Crippen molar-refractivity contribution in [2.45, 2.75) is 39.3 Å². The molecule has 1 heterocycles. The molecule has 0 bridgehead atoms. The van der Waals surface area contributed by atoms with Gasteiger partial charge in [-0.1, -0.05) is 20.8 Å². The molecular formula is C12H22N2O4. The van der Waals surface area contributed by atoms with Crippen molar-refractivity contribution in [1.82, 2.24) is 10.2 Å². The van der Waals surface area contributed by atoms with Gasteiger partial charge in [-0.15, -0.1) is 0 Å². The van der Waals surface area contributed by atoms with Gasteiger partial charge >= 0.3 is 12.0 Å². The van der Waals surface area contributed by atoms with Gasteiger partial charge in [0.25, 0.3) is 0 Å². The van der Waals surface area contributed by atoms with Crippen LogP contribution in [0.4, 0.5) is 4.79 Å². The predicted octanol–water partition coefficient (Wildman–Crippen LogP) is 0.916. The van der Waals surface area contributed by atoms with Crippen molar-refractivity contribution in [2.24, 2.45) is 5.41 Å². The number of urea groups is 1. The summed E-state index contributed by atoms with van der Waals surface area (Å²) in [5, 5.41) is 11.7. The van der Waals surface area contributed by atoms with Crippen LogP contribution in [-0.2, 0) is 9.53 Å². The lowest BCUT2D eigenvalue weighted by Gasteiger charge is -2.29. The zero-order valence-corrected chi connectivity index (χ0v) is 11.4. The Kier molecular flexibility index (Phi) is 4.56. The van der Waals surface area contributed by atoms with E-state index in [-0.39, 0.29) is 12.1 Å². The highest BCUT2D eigenvalue weighted by Gasteiger charge is 2.35. The fraction of sp³-hybridized carbons (Fsp3) is 0.833. The maximum Gasteiger partial charge on any atom is 0.326 e. The molecule has 2 atom stereocenters. The molecule has 0 aromatic rings. The van der Waals surface area contributed by atoms with E-state index in [4.69, 9.17) is 9.84 Å². The van der Waals surface area contributed by atoms with Gasteiger partial charge in [0, 0.05) is 20.2 Å². The number of carbonyl (C=O) groups excluding carboxylic acids is 1. The Hall–Kier alpha value is -1.30. The molecule has 104 valence electrons. The van der Waals surface area contributed by atoms with Gasteiger partial charge in [-0.25, -0.2) is 9.59 Å². The molecule has 1 fully saturated rings. The SMILES string of the molecule is COC1CCN(C(=O)N[C@H](C(=O)O)C(C)(C)C)C1. The molecule has 0 spiro atoms. The minimum Gasteiger partial charge on any atom is -0.480 e. The van der Waals surface area contributed by atoms with E-state index in [9.17, 15) is 9.59 Å². The van der Waals surface area contributed by atoms with Crippen molar-refractivity contribution in [3.8, 4) is 0 Å². The van der Waals surface area contributed by atoms with Crippen LogP contribution in [-0.4, -0.2) is 54.4 Å². The Balaban J connectivity index is 2.60. The molecule has 0 aliphatic carbocycles. The molecular weight excluding hydrogens is 236 g/mol. The van der Waals surface area contributed by atoms with Gasteiger partial charge in [-0.05, 0) is 11.8 Å². The molecule has 0 aromatic carbocycles. The third-order valence-corrected chi connectivity index (χ3v) is 3.15. The number of ether oxygens (including phenoxy) is 1. The molecule has 1 rings (SSSR count). The number of aliphatic carboxylic acids is 1. The summed E-state index contributed by atoms with van der Waals surface area (Å²) in [6, 6.07) is -1.23. The van der Waals surface area contributed by atoms with Gasteiger partial charge in [-0.2, -0.15) is 0 Å². The second-order valence-corrected chi connectivity index (χ2v) is 5.68. The molecule has 1 aliphatic heterocycles. The van der Waals surface area contributed by atoms with E-state index in [0.717, 1.165) is 6.42 Å². The molecule has 6 heteroatoms. The third-order valence-electron chi connectivity index (χ3n) is 3.15. The first-order chi connectivity index (χ1) is 8.25. The van der Waals surface area contributed by atoms with E-state index in [2.05, 4.69) is 5.32 Å². The quantitative estimate of drug-likeness (QED) is 0.789. The maximum absolute atomic E-state index is 12.0. The normalized spacial score (nSPS) is 21.8. The fourth-order valence-electron chi connectivity index (χ4n) is 1.97. The number of nitrogens with zero attached hydrogens (tertiary/aromatic N) is 1. The van der Waals surface area contributed by atoms with Gasteiger partial charge < -0.3 is 20.1 Å². The van der Waals surface area contributed by atoms with Crippen LogP contribution in [0.2, 0.25) is 0 Å². The molecule has 1 unspecified atom stereocenters. The number of rotatable bonds is 3. The van der Waals surface area contributed by atoms with Crippen molar-refractivity contribution in [3.63, 3.8) is 0 Å². The molecule has 18 heavy (non-hydrogen) atoms. The van der Waals surface area contributed by atoms with Crippen LogP contribution in [0.5, 0.6) is 0 Å². The van der Waals surface area contributed by atoms with Crippen molar-refractivity contribution in [3.05, 3.63) is 0 Å². The number of amides is 2. The van der Waals surface area contributed by atoms with E-state index in [1.807, 2.05) is 0 Å². The highest BCUT2D eigenvalue weighted by Crippen LogP contribution is 2.20. The number of hydrogen-bond acceptors (Lipinski definition) is 3. The first-order valence-electron chi connectivity index (χ1n) is 6.06. The summed E-state index contributed by atoms with van der Waals surface area (Å²) >= 11 is 0. The predicted molar refractivity (Wildman–Crippen MR) is 66.4 cm³/mol. The highest BCUT2D eigenvalue weighted by molar-refractivity contribution is 5.83. The lowest BCUT2D eigenvalue weighted by Crippen LogP contribution is -2.53. The molecule has 2 N–H and O–H groups in total. The molecule has 0 aromatic heterocycles. The standard InChI is InChI=1S/C12H22N2O4/c1-12(2,3)9(10(15)16)13-11(17)14-6-5-8(7-14)18-4/h8-9H,5-7H2,1-4H3,(H,13,17)(H,15,16)/t8?,9-/m1/s1. The summed E-state index contributed by atoms with van der Waals surface area (Å²) in [6.45, 7) is 6.47. The van der Waals surface area contributed by atoms with Crippen molar-refractivity contribution >= 4 is 12.0 Å². The molecule has 2 amide bonds. The van der Waals surface area contributed by atoms with E-state index >= 15 is 0 Å². The van der Waals surface area contributed by atoms with E-state index in [0.29, 0.717) is 13.1 Å².